The number of likely N-dealkylation sites (tertiary alicyclic amines) is 2. The lowest BCUT2D eigenvalue weighted by molar-refractivity contribution is -0.146. The standard InChI is InChI=1S/C30H39N5O2S/c1-6-21-13-23(15-31-20(21)4)32-28(36)30(37)35-16-18(2)7-9-26(35)22-8-10-27-25(14-22)33-29(38-27)24-11-12-34(5)17-19(24)3/h8,10,13-15,18-19,24,26H,6-7,9,11-12,16-17H2,1-5H3,(H,32,36)/t18-,19?,24?,26?/m0/s1. The van der Waals surface area contributed by atoms with Crippen LogP contribution in [0.15, 0.2) is 30.5 Å². The lowest BCUT2D eigenvalue weighted by atomic mass is 9.87. The number of anilines is 1. The number of amides is 2. The fourth-order valence-corrected chi connectivity index (χ4v) is 7.31. The van der Waals surface area contributed by atoms with Crippen LogP contribution >= 0.6 is 11.3 Å². The average molecular weight is 534 g/mol. The fourth-order valence-electron chi connectivity index (χ4n) is 6.09. The molecular weight excluding hydrogens is 494 g/mol. The predicted octanol–water partition coefficient (Wildman–Crippen LogP) is 5.56. The maximum atomic E-state index is 13.5. The van der Waals surface area contributed by atoms with Crippen LogP contribution in [0, 0.1) is 18.8 Å². The summed E-state index contributed by atoms with van der Waals surface area (Å²) in [6.45, 7) is 11.2. The molecule has 4 atom stereocenters. The third-order valence-electron chi connectivity index (χ3n) is 8.34. The molecular formula is C30H39N5O2S. The van der Waals surface area contributed by atoms with Gasteiger partial charge in [0, 0.05) is 24.7 Å². The fraction of sp³-hybridized carbons (Fsp3) is 0.533. The number of thiazole rings is 1. The molecule has 1 N–H and O–H groups in total. The van der Waals surface area contributed by atoms with E-state index < -0.39 is 11.8 Å². The molecule has 2 fully saturated rings. The van der Waals surface area contributed by atoms with Gasteiger partial charge in [-0.05, 0) is 87.4 Å². The minimum Gasteiger partial charge on any atom is -0.327 e. The summed E-state index contributed by atoms with van der Waals surface area (Å²) in [6, 6.07) is 8.19. The third kappa shape index (κ3) is 5.47. The van der Waals surface area contributed by atoms with Gasteiger partial charge in [0.05, 0.1) is 33.2 Å². The molecule has 2 aromatic heterocycles. The van der Waals surface area contributed by atoms with Crippen molar-refractivity contribution in [1.82, 2.24) is 19.8 Å². The Balaban J connectivity index is 1.37. The number of carbonyl (C=O) groups is 2. The summed E-state index contributed by atoms with van der Waals surface area (Å²) >= 11 is 1.80. The number of aromatic nitrogens is 2. The second-order valence-electron chi connectivity index (χ2n) is 11.3. The Kier molecular flexibility index (Phi) is 7.82. The normalized spacial score (nSPS) is 24.5. The van der Waals surface area contributed by atoms with Crippen molar-refractivity contribution >= 4 is 39.1 Å². The molecule has 5 rings (SSSR count). The quantitative estimate of drug-likeness (QED) is 0.445. The van der Waals surface area contributed by atoms with E-state index in [4.69, 9.17) is 4.98 Å². The molecule has 38 heavy (non-hydrogen) atoms. The SMILES string of the molecule is CCc1cc(NC(=O)C(=O)N2C[C@@H](C)CCC2c2ccc3sc(C4CCN(C)CC4C)nc3c2)cnc1C. The molecule has 0 spiro atoms. The summed E-state index contributed by atoms with van der Waals surface area (Å²) in [6.07, 6.45) is 5.43. The average Bonchev–Trinajstić information content (AvgIpc) is 3.32. The first-order chi connectivity index (χ1) is 18.2. The highest BCUT2D eigenvalue weighted by atomic mass is 32.1. The van der Waals surface area contributed by atoms with Gasteiger partial charge in [-0.3, -0.25) is 14.6 Å². The van der Waals surface area contributed by atoms with Gasteiger partial charge in [0.25, 0.3) is 0 Å². The van der Waals surface area contributed by atoms with Crippen molar-refractivity contribution in [3.05, 3.63) is 52.3 Å². The van der Waals surface area contributed by atoms with Crippen LogP contribution in [-0.4, -0.2) is 58.3 Å². The first kappa shape index (κ1) is 26.8. The van der Waals surface area contributed by atoms with Crippen LogP contribution in [0.3, 0.4) is 0 Å². The number of nitrogens with one attached hydrogen (secondary N) is 1. The van der Waals surface area contributed by atoms with Crippen molar-refractivity contribution in [2.75, 3.05) is 32.0 Å². The summed E-state index contributed by atoms with van der Waals surface area (Å²) < 4.78 is 1.19. The molecule has 0 saturated carbocycles. The molecule has 8 heteroatoms. The monoisotopic (exact) mass is 533 g/mol. The number of pyridine rings is 1. The van der Waals surface area contributed by atoms with E-state index in [1.807, 2.05) is 13.0 Å². The highest BCUT2D eigenvalue weighted by molar-refractivity contribution is 7.18. The summed E-state index contributed by atoms with van der Waals surface area (Å²) in [5, 5.41) is 4.02. The molecule has 202 valence electrons. The van der Waals surface area contributed by atoms with Gasteiger partial charge in [0.2, 0.25) is 0 Å². The van der Waals surface area contributed by atoms with Crippen molar-refractivity contribution in [2.24, 2.45) is 11.8 Å². The predicted molar refractivity (Wildman–Crippen MR) is 153 cm³/mol. The van der Waals surface area contributed by atoms with Crippen molar-refractivity contribution in [3.63, 3.8) is 0 Å². The molecule has 0 radical (unpaired) electrons. The summed E-state index contributed by atoms with van der Waals surface area (Å²) in [5.41, 5.74) is 4.62. The van der Waals surface area contributed by atoms with Crippen LogP contribution in [0.2, 0.25) is 0 Å². The number of hydrogen-bond acceptors (Lipinski definition) is 6. The van der Waals surface area contributed by atoms with Crippen molar-refractivity contribution in [2.45, 2.75) is 65.3 Å². The van der Waals surface area contributed by atoms with E-state index in [9.17, 15) is 9.59 Å². The van der Waals surface area contributed by atoms with E-state index >= 15 is 0 Å². The first-order valence-corrected chi connectivity index (χ1v) is 14.7. The maximum absolute atomic E-state index is 13.5. The number of nitrogens with zero attached hydrogens (tertiary/aromatic N) is 4. The molecule has 7 nitrogen and oxygen atoms in total. The molecule has 3 unspecified atom stereocenters. The van der Waals surface area contributed by atoms with Gasteiger partial charge in [-0.25, -0.2) is 4.98 Å². The molecule has 2 aliphatic heterocycles. The van der Waals surface area contributed by atoms with Gasteiger partial charge >= 0.3 is 11.8 Å². The number of fused-ring (bicyclic) bond motifs is 1. The van der Waals surface area contributed by atoms with Crippen LogP contribution in [0.25, 0.3) is 10.2 Å². The van der Waals surface area contributed by atoms with Gasteiger partial charge in [-0.2, -0.15) is 0 Å². The van der Waals surface area contributed by atoms with Crippen molar-refractivity contribution in [1.29, 1.82) is 0 Å². The van der Waals surface area contributed by atoms with Crippen LogP contribution in [-0.2, 0) is 16.0 Å². The Morgan fingerprint density at radius 3 is 2.71 bits per heavy atom. The highest BCUT2D eigenvalue weighted by Gasteiger charge is 2.35. The van der Waals surface area contributed by atoms with Crippen LogP contribution in [0.5, 0.6) is 0 Å². The van der Waals surface area contributed by atoms with E-state index in [0.717, 1.165) is 61.1 Å². The van der Waals surface area contributed by atoms with E-state index in [1.54, 1.807) is 22.4 Å². The Hall–Kier alpha value is -2.84. The number of aryl methyl sites for hydroxylation is 2. The second kappa shape index (κ2) is 11.1. The number of carbonyl (C=O) groups excluding carboxylic acids is 2. The smallest absolute Gasteiger partial charge is 0.313 e. The van der Waals surface area contributed by atoms with Crippen LogP contribution in [0.1, 0.15) is 73.8 Å². The molecule has 3 aromatic rings. The van der Waals surface area contributed by atoms with Gasteiger partial charge in [0.15, 0.2) is 0 Å². The zero-order valence-corrected chi connectivity index (χ0v) is 24.0. The molecule has 0 bridgehead atoms. The third-order valence-corrected chi connectivity index (χ3v) is 9.51. The summed E-state index contributed by atoms with van der Waals surface area (Å²) in [7, 11) is 2.19. The Morgan fingerprint density at radius 1 is 1.13 bits per heavy atom. The Labute approximate surface area is 229 Å². The van der Waals surface area contributed by atoms with Gasteiger partial charge in [-0.15, -0.1) is 11.3 Å². The molecule has 2 aliphatic rings. The topological polar surface area (TPSA) is 78.4 Å². The number of rotatable bonds is 4. The van der Waals surface area contributed by atoms with Crippen LogP contribution in [0.4, 0.5) is 5.69 Å². The second-order valence-corrected chi connectivity index (χ2v) is 12.4. The zero-order chi connectivity index (χ0) is 27.0. The largest absolute Gasteiger partial charge is 0.327 e. The van der Waals surface area contributed by atoms with E-state index in [0.29, 0.717) is 30.0 Å². The van der Waals surface area contributed by atoms with Crippen molar-refractivity contribution < 1.29 is 9.59 Å². The molecule has 0 aliphatic carbocycles. The zero-order valence-electron chi connectivity index (χ0n) is 23.2. The number of benzene rings is 1. The van der Waals surface area contributed by atoms with E-state index in [1.165, 1.54) is 9.71 Å². The van der Waals surface area contributed by atoms with Crippen molar-refractivity contribution in [3.8, 4) is 0 Å². The molecule has 2 saturated heterocycles. The van der Waals surface area contributed by atoms with Crippen LogP contribution < -0.4 is 5.32 Å². The van der Waals surface area contributed by atoms with Gasteiger partial charge in [0.1, 0.15) is 0 Å². The lowest BCUT2D eigenvalue weighted by Gasteiger charge is -2.38. The summed E-state index contributed by atoms with van der Waals surface area (Å²) in [5.74, 6) is 0.326. The lowest BCUT2D eigenvalue weighted by Crippen LogP contribution is -2.46. The Morgan fingerprint density at radius 2 is 1.95 bits per heavy atom. The number of piperidine rings is 2. The summed E-state index contributed by atoms with van der Waals surface area (Å²) in [4.78, 5) is 40.2. The number of hydrogen-bond donors (Lipinski definition) is 1. The minimum absolute atomic E-state index is 0.136. The molecule has 4 heterocycles. The van der Waals surface area contributed by atoms with E-state index in [-0.39, 0.29) is 6.04 Å². The molecule has 2 amide bonds. The molecule has 1 aromatic carbocycles. The highest BCUT2D eigenvalue weighted by Crippen LogP contribution is 2.39. The Bertz CT molecular complexity index is 1340. The van der Waals surface area contributed by atoms with Gasteiger partial charge < -0.3 is 15.1 Å². The van der Waals surface area contributed by atoms with E-state index in [2.05, 4.69) is 61.2 Å². The maximum Gasteiger partial charge on any atom is 0.313 e. The van der Waals surface area contributed by atoms with Gasteiger partial charge in [-0.1, -0.05) is 26.8 Å². The minimum atomic E-state index is -0.606. The first-order valence-electron chi connectivity index (χ1n) is 13.9.